The third-order valence-corrected chi connectivity index (χ3v) is 3.88. The molecule has 1 aromatic carbocycles. The number of fused-ring (bicyclic) bond motifs is 1. The lowest BCUT2D eigenvalue weighted by Crippen LogP contribution is -2.28. The molecule has 1 aliphatic carbocycles. The molecule has 0 aliphatic heterocycles. The Morgan fingerprint density at radius 1 is 1.22 bits per heavy atom. The van der Waals surface area contributed by atoms with Gasteiger partial charge in [0.1, 0.15) is 0 Å². The maximum Gasteiger partial charge on any atom is 0.323 e. The van der Waals surface area contributed by atoms with Crippen molar-refractivity contribution in [3.63, 3.8) is 0 Å². The number of aromatic amines is 2. The highest BCUT2D eigenvalue weighted by atomic mass is 16.1. The largest absolute Gasteiger partial charge is 0.323 e. The van der Waals surface area contributed by atoms with Gasteiger partial charge in [0.2, 0.25) is 0 Å². The number of H-pyrrole nitrogens is 2. The smallest absolute Gasteiger partial charge is 0.307 e. The Morgan fingerprint density at radius 2 is 1.94 bits per heavy atom. The van der Waals surface area contributed by atoms with Gasteiger partial charge in [-0.25, -0.2) is 4.79 Å². The van der Waals surface area contributed by atoms with Crippen molar-refractivity contribution in [2.45, 2.75) is 44.7 Å². The predicted octanol–water partition coefficient (Wildman–Crippen LogP) is 2.45. The minimum Gasteiger partial charge on any atom is -0.307 e. The van der Waals surface area contributed by atoms with E-state index in [1.54, 1.807) is 0 Å². The summed E-state index contributed by atoms with van der Waals surface area (Å²) in [7, 11) is 0. The molecular weight excluding hydrogens is 226 g/mol. The quantitative estimate of drug-likeness (QED) is 0.778. The fourth-order valence-electron chi connectivity index (χ4n) is 2.86. The molecule has 0 bridgehead atoms. The van der Waals surface area contributed by atoms with Crippen LogP contribution in [-0.4, -0.2) is 16.0 Å². The van der Waals surface area contributed by atoms with Crippen LogP contribution in [0, 0.1) is 0 Å². The first-order valence-electron chi connectivity index (χ1n) is 6.70. The van der Waals surface area contributed by atoms with Crippen molar-refractivity contribution < 1.29 is 0 Å². The molecule has 18 heavy (non-hydrogen) atoms. The van der Waals surface area contributed by atoms with E-state index >= 15 is 0 Å². The average Bonchev–Trinajstić information content (AvgIpc) is 2.95. The van der Waals surface area contributed by atoms with Gasteiger partial charge in [-0.2, -0.15) is 0 Å². The van der Waals surface area contributed by atoms with Gasteiger partial charge in [-0.05, 0) is 37.5 Å². The first-order valence-corrected chi connectivity index (χ1v) is 6.70. The first-order chi connectivity index (χ1) is 8.72. The molecule has 1 aliphatic rings. The standard InChI is InChI=1S/C14H19N3O/c1-9(15-11-4-2-3-5-11)10-6-7-12-13(8-10)17-14(18)16-12/h6-9,11,15H,2-5H2,1H3,(H2,16,17,18). The molecule has 4 nitrogen and oxygen atoms in total. The van der Waals surface area contributed by atoms with Crippen LogP contribution in [0.25, 0.3) is 11.0 Å². The lowest BCUT2D eigenvalue weighted by atomic mass is 10.1. The maximum atomic E-state index is 11.2. The maximum absolute atomic E-state index is 11.2. The zero-order valence-corrected chi connectivity index (χ0v) is 10.6. The minimum atomic E-state index is -0.140. The summed E-state index contributed by atoms with van der Waals surface area (Å²) in [4.78, 5) is 16.8. The van der Waals surface area contributed by atoms with Crippen LogP contribution in [-0.2, 0) is 0 Å². The third-order valence-electron chi connectivity index (χ3n) is 3.88. The zero-order valence-electron chi connectivity index (χ0n) is 10.6. The highest BCUT2D eigenvalue weighted by Crippen LogP contribution is 2.23. The van der Waals surface area contributed by atoms with Gasteiger partial charge >= 0.3 is 5.69 Å². The number of rotatable bonds is 3. The van der Waals surface area contributed by atoms with E-state index in [4.69, 9.17) is 0 Å². The second-order valence-electron chi connectivity index (χ2n) is 5.25. The molecule has 0 saturated heterocycles. The molecule has 1 atom stereocenters. The fourth-order valence-corrected chi connectivity index (χ4v) is 2.86. The predicted molar refractivity (Wildman–Crippen MR) is 72.7 cm³/mol. The number of nitrogens with one attached hydrogen (secondary N) is 3. The first kappa shape index (κ1) is 11.5. The average molecular weight is 245 g/mol. The molecule has 3 N–H and O–H groups in total. The molecule has 96 valence electrons. The Balaban J connectivity index is 1.81. The van der Waals surface area contributed by atoms with Crippen LogP contribution >= 0.6 is 0 Å². The highest BCUT2D eigenvalue weighted by Gasteiger charge is 2.17. The van der Waals surface area contributed by atoms with Crippen molar-refractivity contribution in [3.8, 4) is 0 Å². The van der Waals surface area contributed by atoms with Gasteiger partial charge in [-0.15, -0.1) is 0 Å². The van der Waals surface area contributed by atoms with E-state index in [1.165, 1.54) is 31.2 Å². The van der Waals surface area contributed by atoms with Crippen molar-refractivity contribution in [1.29, 1.82) is 0 Å². The van der Waals surface area contributed by atoms with Gasteiger partial charge in [0.25, 0.3) is 0 Å². The topological polar surface area (TPSA) is 60.7 Å². The molecule has 1 aromatic heterocycles. The van der Waals surface area contributed by atoms with E-state index in [1.807, 2.05) is 6.07 Å². The van der Waals surface area contributed by atoms with Gasteiger partial charge in [-0.1, -0.05) is 18.9 Å². The summed E-state index contributed by atoms with van der Waals surface area (Å²) >= 11 is 0. The monoisotopic (exact) mass is 245 g/mol. The number of benzene rings is 1. The zero-order chi connectivity index (χ0) is 12.5. The van der Waals surface area contributed by atoms with Gasteiger partial charge in [-0.3, -0.25) is 0 Å². The number of hydrogen-bond acceptors (Lipinski definition) is 2. The summed E-state index contributed by atoms with van der Waals surface area (Å²) in [6.45, 7) is 2.18. The van der Waals surface area contributed by atoms with Gasteiger partial charge in [0.15, 0.2) is 0 Å². The Morgan fingerprint density at radius 3 is 2.72 bits per heavy atom. The fraction of sp³-hybridized carbons (Fsp3) is 0.500. The van der Waals surface area contributed by atoms with Crippen LogP contribution < -0.4 is 11.0 Å². The number of aromatic nitrogens is 2. The Kier molecular flexibility index (Phi) is 2.96. The van der Waals surface area contributed by atoms with Crippen molar-refractivity contribution in [3.05, 3.63) is 34.2 Å². The van der Waals surface area contributed by atoms with E-state index in [9.17, 15) is 4.79 Å². The van der Waals surface area contributed by atoms with Crippen LogP contribution in [0.3, 0.4) is 0 Å². The molecule has 3 rings (SSSR count). The van der Waals surface area contributed by atoms with E-state index in [2.05, 4.69) is 34.3 Å². The second kappa shape index (κ2) is 4.61. The Hall–Kier alpha value is -1.55. The summed E-state index contributed by atoms with van der Waals surface area (Å²) in [5, 5.41) is 3.66. The Bertz CT molecular complexity index is 592. The SMILES string of the molecule is CC(NC1CCCC1)c1ccc2[nH]c(=O)[nH]c2c1. The number of hydrogen-bond donors (Lipinski definition) is 3. The van der Waals surface area contributed by atoms with Gasteiger partial charge in [0.05, 0.1) is 11.0 Å². The van der Waals surface area contributed by atoms with Crippen LogP contribution in [0.5, 0.6) is 0 Å². The van der Waals surface area contributed by atoms with E-state index in [0.717, 1.165) is 11.0 Å². The van der Waals surface area contributed by atoms with Crippen LogP contribution in [0.1, 0.15) is 44.2 Å². The van der Waals surface area contributed by atoms with E-state index in [0.29, 0.717) is 12.1 Å². The van der Waals surface area contributed by atoms with Crippen molar-refractivity contribution in [2.24, 2.45) is 0 Å². The minimum absolute atomic E-state index is 0.140. The molecule has 1 heterocycles. The summed E-state index contributed by atoms with van der Waals surface area (Å²) in [5.74, 6) is 0. The Labute approximate surface area is 106 Å². The van der Waals surface area contributed by atoms with Gasteiger partial charge in [0, 0.05) is 12.1 Å². The third kappa shape index (κ3) is 2.20. The van der Waals surface area contributed by atoms with E-state index < -0.39 is 0 Å². The molecular formula is C14H19N3O. The summed E-state index contributed by atoms with van der Waals surface area (Å²) in [5.41, 5.74) is 2.84. The lowest BCUT2D eigenvalue weighted by Gasteiger charge is -2.19. The normalized spacial score (nSPS) is 18.5. The molecule has 4 heteroatoms. The van der Waals surface area contributed by atoms with Gasteiger partial charge < -0.3 is 15.3 Å². The molecule has 0 amide bonds. The van der Waals surface area contributed by atoms with Crippen LogP contribution in [0.4, 0.5) is 0 Å². The molecule has 0 spiro atoms. The highest BCUT2D eigenvalue weighted by molar-refractivity contribution is 5.75. The second-order valence-corrected chi connectivity index (χ2v) is 5.25. The molecule has 1 unspecified atom stereocenters. The number of imidazole rings is 1. The summed E-state index contributed by atoms with van der Waals surface area (Å²) in [6, 6.07) is 7.09. The lowest BCUT2D eigenvalue weighted by molar-refractivity contribution is 0.461. The summed E-state index contributed by atoms with van der Waals surface area (Å²) in [6.07, 6.45) is 5.25. The summed E-state index contributed by atoms with van der Waals surface area (Å²) < 4.78 is 0. The van der Waals surface area contributed by atoms with Crippen molar-refractivity contribution in [2.75, 3.05) is 0 Å². The van der Waals surface area contributed by atoms with Crippen LogP contribution in [0.2, 0.25) is 0 Å². The molecule has 0 radical (unpaired) electrons. The molecule has 2 aromatic rings. The van der Waals surface area contributed by atoms with E-state index in [-0.39, 0.29) is 5.69 Å². The van der Waals surface area contributed by atoms with Crippen molar-refractivity contribution >= 4 is 11.0 Å². The van der Waals surface area contributed by atoms with Crippen LogP contribution in [0.15, 0.2) is 23.0 Å². The molecule has 1 fully saturated rings. The van der Waals surface area contributed by atoms with Crippen molar-refractivity contribution in [1.82, 2.24) is 15.3 Å². The molecule has 1 saturated carbocycles.